The van der Waals surface area contributed by atoms with Crippen molar-refractivity contribution in [2.24, 2.45) is 0 Å². The molecule has 0 radical (unpaired) electrons. The normalized spacial score (nSPS) is 11.0. The van der Waals surface area contributed by atoms with Gasteiger partial charge in [-0.15, -0.1) is 0 Å². The molecule has 6 nitrogen and oxygen atoms in total. The molecule has 0 aliphatic rings. The molecular formula is C52H36N2O4. The SMILES string of the molecule is C=CC(=O)Oc1ccc2cc(N(c3ccccc3)c3ccc4c(ccc5cc(N(c6ccccc6)c6ccc7cc(OC(=O)C=C)ccc7c6)ccc54)c3)ccc2c1. The molecule has 9 rings (SSSR count). The fraction of sp³-hybridized carbons (Fsp3) is 0. The number of para-hydroxylation sites is 2. The molecule has 0 amide bonds. The number of benzene rings is 9. The zero-order valence-corrected chi connectivity index (χ0v) is 31.4. The Kier molecular flexibility index (Phi) is 9.42. The van der Waals surface area contributed by atoms with Gasteiger partial charge in [-0.25, -0.2) is 9.59 Å². The van der Waals surface area contributed by atoms with E-state index in [1.165, 1.54) is 0 Å². The third-order valence-electron chi connectivity index (χ3n) is 10.2. The van der Waals surface area contributed by atoms with Crippen LogP contribution in [0, 0.1) is 0 Å². The Morgan fingerprint density at radius 3 is 1.09 bits per heavy atom. The lowest BCUT2D eigenvalue weighted by Gasteiger charge is -2.27. The Balaban J connectivity index is 1.08. The lowest BCUT2D eigenvalue weighted by molar-refractivity contribution is -0.129. The van der Waals surface area contributed by atoms with Gasteiger partial charge in [0.05, 0.1) is 0 Å². The summed E-state index contributed by atoms with van der Waals surface area (Å²) < 4.78 is 10.7. The first-order chi connectivity index (χ1) is 28.4. The minimum absolute atomic E-state index is 0.477. The molecule has 9 aromatic carbocycles. The van der Waals surface area contributed by atoms with Crippen LogP contribution in [0.15, 0.2) is 207 Å². The first kappa shape index (κ1) is 35.7. The molecule has 0 saturated heterocycles. The minimum Gasteiger partial charge on any atom is -0.423 e. The number of esters is 2. The molecule has 0 unspecified atom stereocenters. The molecule has 0 fully saturated rings. The van der Waals surface area contributed by atoms with Crippen LogP contribution in [0.3, 0.4) is 0 Å². The summed E-state index contributed by atoms with van der Waals surface area (Å²) in [4.78, 5) is 28.1. The number of anilines is 6. The average Bonchev–Trinajstić information content (AvgIpc) is 3.27. The van der Waals surface area contributed by atoms with Crippen molar-refractivity contribution < 1.29 is 19.1 Å². The maximum Gasteiger partial charge on any atom is 0.335 e. The smallest absolute Gasteiger partial charge is 0.335 e. The molecule has 0 N–H and O–H groups in total. The van der Waals surface area contributed by atoms with Crippen molar-refractivity contribution in [1.29, 1.82) is 0 Å². The van der Waals surface area contributed by atoms with E-state index in [0.29, 0.717) is 11.5 Å². The predicted octanol–water partition coefficient (Wildman–Crippen LogP) is 13.4. The van der Waals surface area contributed by atoms with Crippen molar-refractivity contribution in [2.75, 3.05) is 9.80 Å². The van der Waals surface area contributed by atoms with Crippen molar-refractivity contribution in [3.63, 3.8) is 0 Å². The summed E-state index contributed by atoms with van der Waals surface area (Å²) in [5.41, 5.74) is 6.14. The van der Waals surface area contributed by atoms with Gasteiger partial charge in [0.15, 0.2) is 0 Å². The number of fused-ring (bicyclic) bond motifs is 5. The summed E-state index contributed by atoms with van der Waals surface area (Å²) in [5, 5.41) is 8.54. The molecule has 0 aromatic heterocycles. The van der Waals surface area contributed by atoms with Crippen molar-refractivity contribution >= 4 is 89.2 Å². The van der Waals surface area contributed by atoms with E-state index in [-0.39, 0.29) is 0 Å². The van der Waals surface area contributed by atoms with E-state index in [9.17, 15) is 9.59 Å². The summed E-state index contributed by atoms with van der Waals surface area (Å²) in [7, 11) is 0. The third-order valence-corrected chi connectivity index (χ3v) is 10.2. The molecule has 6 heteroatoms. The maximum atomic E-state index is 11.8. The van der Waals surface area contributed by atoms with Gasteiger partial charge in [0.2, 0.25) is 0 Å². The van der Waals surface area contributed by atoms with Gasteiger partial charge in [-0.1, -0.05) is 98.1 Å². The van der Waals surface area contributed by atoms with Gasteiger partial charge in [-0.05, 0) is 140 Å². The van der Waals surface area contributed by atoms with Crippen molar-refractivity contribution in [3.8, 4) is 11.5 Å². The molecule has 0 atom stereocenters. The van der Waals surface area contributed by atoms with Crippen LogP contribution in [0.2, 0.25) is 0 Å². The Hall–Kier alpha value is -7.96. The van der Waals surface area contributed by atoms with Gasteiger partial charge in [0.1, 0.15) is 11.5 Å². The highest BCUT2D eigenvalue weighted by Crippen LogP contribution is 2.41. The molecule has 0 saturated carbocycles. The van der Waals surface area contributed by atoms with Crippen molar-refractivity contribution in [2.45, 2.75) is 0 Å². The first-order valence-corrected chi connectivity index (χ1v) is 18.9. The Morgan fingerprint density at radius 1 is 0.362 bits per heavy atom. The highest BCUT2D eigenvalue weighted by Gasteiger charge is 2.17. The number of carbonyl (C=O) groups excluding carboxylic acids is 2. The van der Waals surface area contributed by atoms with Crippen LogP contribution in [0.5, 0.6) is 11.5 Å². The summed E-state index contributed by atoms with van der Waals surface area (Å²) in [5.74, 6) is -0.0211. The van der Waals surface area contributed by atoms with E-state index in [1.54, 1.807) is 12.1 Å². The molecule has 0 heterocycles. The van der Waals surface area contributed by atoms with Crippen LogP contribution in [-0.2, 0) is 9.59 Å². The summed E-state index contributed by atoms with van der Waals surface area (Å²) in [6, 6.07) is 62.2. The lowest BCUT2D eigenvalue weighted by atomic mass is 9.99. The zero-order chi connectivity index (χ0) is 39.6. The number of hydrogen-bond donors (Lipinski definition) is 0. The summed E-state index contributed by atoms with van der Waals surface area (Å²) in [6.07, 6.45) is 2.32. The van der Waals surface area contributed by atoms with E-state index >= 15 is 0 Å². The standard InChI is InChI=1S/C52H36N2O4/c1-3-51(55)57-47-25-19-35-29-43(21-17-37(35)33-47)53(41-11-7-5-8-12-41)45-23-27-49-39(31-45)15-16-40-32-46(24-28-50(40)49)54(42-13-9-6-10-14-42)44-22-18-38-34-48(58-52(56)4-2)26-20-36(38)30-44/h3-34H,1-2H2. The van der Waals surface area contributed by atoms with Gasteiger partial charge in [0, 0.05) is 46.3 Å². The van der Waals surface area contributed by atoms with Crippen LogP contribution in [0.25, 0.3) is 43.1 Å². The maximum absolute atomic E-state index is 11.8. The molecule has 0 aliphatic heterocycles. The van der Waals surface area contributed by atoms with Crippen LogP contribution in [0.1, 0.15) is 0 Å². The molecule has 58 heavy (non-hydrogen) atoms. The van der Waals surface area contributed by atoms with E-state index in [0.717, 1.165) is 89.4 Å². The topological polar surface area (TPSA) is 59.1 Å². The van der Waals surface area contributed by atoms with Crippen LogP contribution in [0.4, 0.5) is 34.1 Å². The quantitative estimate of drug-likeness (QED) is 0.0600. The van der Waals surface area contributed by atoms with Crippen molar-refractivity contribution in [1.82, 2.24) is 0 Å². The van der Waals surface area contributed by atoms with E-state index in [1.807, 2.05) is 72.8 Å². The fourth-order valence-corrected chi connectivity index (χ4v) is 7.52. The van der Waals surface area contributed by atoms with E-state index in [4.69, 9.17) is 9.47 Å². The van der Waals surface area contributed by atoms with Crippen LogP contribution in [-0.4, -0.2) is 11.9 Å². The summed E-state index contributed by atoms with van der Waals surface area (Å²) >= 11 is 0. The molecule has 0 spiro atoms. The summed E-state index contributed by atoms with van der Waals surface area (Å²) in [6.45, 7) is 6.99. The third kappa shape index (κ3) is 7.02. The second-order valence-corrected chi connectivity index (χ2v) is 13.9. The molecular weight excluding hydrogens is 717 g/mol. The van der Waals surface area contributed by atoms with E-state index in [2.05, 4.69) is 120 Å². The predicted molar refractivity (Wildman–Crippen MR) is 237 cm³/mol. The molecule has 278 valence electrons. The number of ether oxygens (including phenoxy) is 2. The molecule has 0 aliphatic carbocycles. The van der Waals surface area contributed by atoms with Gasteiger partial charge < -0.3 is 19.3 Å². The highest BCUT2D eigenvalue weighted by atomic mass is 16.5. The Morgan fingerprint density at radius 2 is 0.690 bits per heavy atom. The fourth-order valence-electron chi connectivity index (χ4n) is 7.52. The minimum atomic E-state index is -0.488. The first-order valence-electron chi connectivity index (χ1n) is 18.9. The monoisotopic (exact) mass is 752 g/mol. The molecule has 0 bridgehead atoms. The number of rotatable bonds is 10. The van der Waals surface area contributed by atoms with Crippen molar-refractivity contribution in [3.05, 3.63) is 207 Å². The van der Waals surface area contributed by atoms with Gasteiger partial charge in [-0.2, -0.15) is 0 Å². The highest BCUT2D eigenvalue weighted by molar-refractivity contribution is 6.10. The second-order valence-electron chi connectivity index (χ2n) is 13.9. The number of nitrogens with zero attached hydrogens (tertiary/aromatic N) is 2. The Labute approximate surface area is 335 Å². The van der Waals surface area contributed by atoms with Crippen LogP contribution >= 0.6 is 0 Å². The Bertz CT molecular complexity index is 2840. The number of carbonyl (C=O) groups is 2. The van der Waals surface area contributed by atoms with Gasteiger partial charge >= 0.3 is 11.9 Å². The van der Waals surface area contributed by atoms with Crippen LogP contribution < -0.4 is 19.3 Å². The second kappa shape index (κ2) is 15.3. The van der Waals surface area contributed by atoms with Gasteiger partial charge in [0.25, 0.3) is 0 Å². The van der Waals surface area contributed by atoms with E-state index < -0.39 is 11.9 Å². The molecule has 9 aromatic rings. The zero-order valence-electron chi connectivity index (χ0n) is 31.4. The largest absolute Gasteiger partial charge is 0.423 e. The lowest BCUT2D eigenvalue weighted by Crippen LogP contribution is -2.10. The number of hydrogen-bond acceptors (Lipinski definition) is 6. The van der Waals surface area contributed by atoms with Gasteiger partial charge in [-0.3, -0.25) is 0 Å². The average molecular weight is 753 g/mol.